The lowest BCUT2D eigenvalue weighted by molar-refractivity contribution is 0.0527. The van der Waals surface area contributed by atoms with Crippen molar-refractivity contribution < 1.29 is 9.53 Å². The van der Waals surface area contributed by atoms with Gasteiger partial charge in [0.05, 0.1) is 10.5 Å². The Balaban J connectivity index is 1.83. The number of carbonyl (C=O) groups excluding carboxylic acids is 1. The highest BCUT2D eigenvalue weighted by atomic mass is 35.5. The summed E-state index contributed by atoms with van der Waals surface area (Å²) >= 11 is 6.13. The highest BCUT2D eigenvalue weighted by Gasteiger charge is 2.15. The number of aromatic nitrogens is 1. The first-order valence-corrected chi connectivity index (χ1v) is 7.46. The fourth-order valence-corrected chi connectivity index (χ4v) is 2.39. The van der Waals surface area contributed by atoms with Crippen LogP contribution in [0.25, 0.3) is 10.9 Å². The largest absolute Gasteiger partial charge is 0.444 e. The summed E-state index contributed by atoms with van der Waals surface area (Å²) in [4.78, 5) is 14.7. The summed E-state index contributed by atoms with van der Waals surface area (Å²) in [6.45, 7) is 6.13. The number of aryl methyl sites for hydroxylation is 1. The van der Waals surface area contributed by atoms with E-state index in [4.69, 9.17) is 16.3 Å². The number of nitrogens with one attached hydrogen (secondary N) is 2. The number of hydrogen-bond acceptors (Lipinski definition) is 2. The normalized spacial score (nSPS) is 11.6. The molecular weight excluding hydrogens is 288 g/mol. The lowest BCUT2D eigenvalue weighted by Crippen LogP contribution is -2.33. The number of fused-ring (bicyclic) bond motifs is 1. The minimum absolute atomic E-state index is 0.371. The Hall–Kier alpha value is -1.68. The van der Waals surface area contributed by atoms with E-state index in [1.165, 1.54) is 5.56 Å². The molecule has 1 amide bonds. The maximum absolute atomic E-state index is 11.5. The van der Waals surface area contributed by atoms with Crippen molar-refractivity contribution in [3.63, 3.8) is 0 Å². The molecule has 1 heterocycles. The summed E-state index contributed by atoms with van der Waals surface area (Å²) < 4.78 is 5.19. The van der Waals surface area contributed by atoms with E-state index in [9.17, 15) is 4.79 Å². The lowest BCUT2D eigenvalue weighted by atomic mass is 10.1. The second-order valence-electron chi connectivity index (χ2n) is 6.01. The number of hydrogen-bond donors (Lipinski definition) is 2. The molecule has 0 aliphatic carbocycles. The Kier molecular flexibility index (Phi) is 4.78. The molecule has 5 heteroatoms. The van der Waals surface area contributed by atoms with E-state index in [1.54, 1.807) is 0 Å². The topological polar surface area (TPSA) is 54.1 Å². The first-order chi connectivity index (χ1) is 9.87. The molecule has 0 aliphatic heterocycles. The van der Waals surface area contributed by atoms with Crippen molar-refractivity contribution in [2.24, 2.45) is 0 Å². The fourth-order valence-electron chi connectivity index (χ4n) is 2.17. The summed E-state index contributed by atoms with van der Waals surface area (Å²) in [5, 5.41) is 4.63. The van der Waals surface area contributed by atoms with Crippen molar-refractivity contribution in [3.05, 3.63) is 35.0 Å². The Morgan fingerprint density at radius 3 is 2.86 bits per heavy atom. The molecule has 114 valence electrons. The van der Waals surface area contributed by atoms with Gasteiger partial charge in [0.15, 0.2) is 0 Å². The summed E-state index contributed by atoms with van der Waals surface area (Å²) in [5.41, 5.74) is 1.71. The number of amides is 1. The van der Waals surface area contributed by atoms with Crippen LogP contribution in [0.1, 0.15) is 32.8 Å². The van der Waals surface area contributed by atoms with E-state index in [1.807, 2.05) is 45.2 Å². The Morgan fingerprint density at radius 1 is 1.38 bits per heavy atom. The van der Waals surface area contributed by atoms with Gasteiger partial charge in [-0.25, -0.2) is 4.79 Å². The van der Waals surface area contributed by atoms with Crippen LogP contribution >= 0.6 is 11.6 Å². The van der Waals surface area contributed by atoms with E-state index in [-0.39, 0.29) is 6.09 Å². The van der Waals surface area contributed by atoms with E-state index in [2.05, 4.69) is 10.3 Å². The third-order valence-corrected chi connectivity index (χ3v) is 3.36. The highest BCUT2D eigenvalue weighted by Crippen LogP contribution is 2.25. The van der Waals surface area contributed by atoms with Crippen molar-refractivity contribution in [1.82, 2.24) is 10.3 Å². The molecule has 4 nitrogen and oxygen atoms in total. The molecule has 0 aliphatic rings. The summed E-state index contributed by atoms with van der Waals surface area (Å²) in [6, 6.07) is 5.86. The van der Waals surface area contributed by atoms with Crippen LogP contribution < -0.4 is 5.32 Å². The van der Waals surface area contributed by atoms with E-state index in [0.717, 1.165) is 28.8 Å². The Labute approximate surface area is 129 Å². The number of ether oxygens (including phenoxy) is 1. The van der Waals surface area contributed by atoms with Gasteiger partial charge in [-0.3, -0.25) is 0 Å². The van der Waals surface area contributed by atoms with Gasteiger partial charge in [0.1, 0.15) is 5.60 Å². The molecule has 0 atom stereocenters. The van der Waals surface area contributed by atoms with Gasteiger partial charge >= 0.3 is 6.09 Å². The van der Waals surface area contributed by atoms with Crippen molar-refractivity contribution in [3.8, 4) is 0 Å². The lowest BCUT2D eigenvalue weighted by Gasteiger charge is -2.19. The van der Waals surface area contributed by atoms with Gasteiger partial charge in [0.25, 0.3) is 0 Å². The van der Waals surface area contributed by atoms with Gasteiger partial charge in [-0.2, -0.15) is 0 Å². The van der Waals surface area contributed by atoms with Crippen LogP contribution in [0, 0.1) is 0 Å². The number of para-hydroxylation sites is 1. The predicted octanol–water partition coefficient (Wildman–Crippen LogP) is 4.28. The standard InChI is InChI=1S/C16H21ClN2O2/c1-16(2,3)21-15(20)18-9-5-6-11-10-19-14-12(11)7-4-8-13(14)17/h4,7-8,10,19H,5-6,9H2,1-3H3,(H,18,20). The molecule has 0 saturated heterocycles. The van der Waals surface area contributed by atoms with E-state index < -0.39 is 5.60 Å². The highest BCUT2D eigenvalue weighted by molar-refractivity contribution is 6.35. The summed E-state index contributed by atoms with van der Waals surface area (Å²) in [7, 11) is 0. The third kappa shape index (κ3) is 4.39. The smallest absolute Gasteiger partial charge is 0.407 e. The molecule has 1 aromatic heterocycles. The molecule has 1 aromatic carbocycles. The van der Waals surface area contributed by atoms with Gasteiger partial charge in [-0.05, 0) is 45.2 Å². The van der Waals surface area contributed by atoms with E-state index in [0.29, 0.717) is 6.54 Å². The number of carbonyl (C=O) groups is 1. The molecule has 0 bridgehead atoms. The van der Waals surface area contributed by atoms with E-state index >= 15 is 0 Å². The number of halogens is 1. The SMILES string of the molecule is CC(C)(C)OC(=O)NCCCc1c[nH]c2c(Cl)cccc12. The first kappa shape index (κ1) is 15.7. The summed E-state index contributed by atoms with van der Waals surface area (Å²) in [6.07, 6.45) is 3.32. The molecule has 0 fully saturated rings. The fraction of sp³-hybridized carbons (Fsp3) is 0.438. The maximum Gasteiger partial charge on any atom is 0.407 e. The molecule has 0 unspecified atom stereocenters. The zero-order valence-electron chi connectivity index (χ0n) is 12.6. The first-order valence-electron chi connectivity index (χ1n) is 7.08. The quantitative estimate of drug-likeness (QED) is 0.828. The zero-order valence-corrected chi connectivity index (χ0v) is 13.4. The van der Waals surface area contributed by atoms with Crippen LogP contribution in [0.5, 0.6) is 0 Å². The number of alkyl carbamates (subject to hydrolysis) is 1. The van der Waals surface area contributed by atoms with Crippen molar-refractivity contribution >= 4 is 28.6 Å². The number of H-pyrrole nitrogens is 1. The predicted molar refractivity (Wildman–Crippen MR) is 85.9 cm³/mol. The van der Waals surface area contributed by atoms with Crippen LogP contribution in [0.15, 0.2) is 24.4 Å². The second kappa shape index (κ2) is 6.39. The molecule has 0 spiro atoms. The molecule has 2 aromatic rings. The zero-order chi connectivity index (χ0) is 15.5. The van der Waals surface area contributed by atoms with Gasteiger partial charge < -0.3 is 15.0 Å². The second-order valence-corrected chi connectivity index (χ2v) is 6.42. The maximum atomic E-state index is 11.5. The van der Waals surface area contributed by atoms with Crippen LogP contribution in [0.3, 0.4) is 0 Å². The monoisotopic (exact) mass is 308 g/mol. The molecule has 2 N–H and O–H groups in total. The van der Waals surface area contributed by atoms with Crippen LogP contribution in [-0.2, 0) is 11.2 Å². The molecule has 21 heavy (non-hydrogen) atoms. The third-order valence-electron chi connectivity index (χ3n) is 3.04. The average Bonchev–Trinajstić information content (AvgIpc) is 2.77. The number of aromatic amines is 1. The van der Waals surface area contributed by atoms with Gasteiger partial charge in [0.2, 0.25) is 0 Å². The average molecular weight is 309 g/mol. The van der Waals surface area contributed by atoms with Crippen LogP contribution in [0.2, 0.25) is 5.02 Å². The van der Waals surface area contributed by atoms with Crippen molar-refractivity contribution in [2.45, 2.75) is 39.2 Å². The minimum atomic E-state index is -0.461. The van der Waals surface area contributed by atoms with Crippen LogP contribution in [-0.4, -0.2) is 23.2 Å². The number of benzene rings is 1. The van der Waals surface area contributed by atoms with Gasteiger partial charge in [0, 0.05) is 18.1 Å². The Bertz CT molecular complexity index is 629. The van der Waals surface area contributed by atoms with Crippen LogP contribution in [0.4, 0.5) is 4.79 Å². The molecule has 0 saturated carbocycles. The van der Waals surface area contributed by atoms with Crippen molar-refractivity contribution in [1.29, 1.82) is 0 Å². The minimum Gasteiger partial charge on any atom is -0.444 e. The number of rotatable bonds is 4. The molecular formula is C16H21ClN2O2. The molecule has 2 rings (SSSR count). The van der Waals surface area contributed by atoms with Gasteiger partial charge in [-0.1, -0.05) is 23.7 Å². The summed E-state index contributed by atoms with van der Waals surface area (Å²) in [5.74, 6) is 0. The van der Waals surface area contributed by atoms with Gasteiger partial charge in [-0.15, -0.1) is 0 Å². The molecule has 0 radical (unpaired) electrons. The van der Waals surface area contributed by atoms with Crippen molar-refractivity contribution in [2.75, 3.05) is 6.54 Å². The Morgan fingerprint density at radius 2 is 2.14 bits per heavy atom.